The van der Waals surface area contributed by atoms with E-state index >= 15 is 0 Å². The molecule has 0 amide bonds. The minimum absolute atomic E-state index is 0.799. The third-order valence-electron chi connectivity index (χ3n) is 6.91. The summed E-state index contributed by atoms with van der Waals surface area (Å²) in [6.07, 6.45) is 11.3. The SMILES string of the molecule is CCCCCCCOc1ccc(-c2ccc(C#Cc3ccc4cc(CCCCC)ccc4c3)cc2)cc1. The molecule has 0 aromatic heterocycles. The molecule has 4 aromatic rings. The molecule has 0 bridgehead atoms. The molecule has 0 unspecified atom stereocenters. The van der Waals surface area contributed by atoms with Crippen molar-refractivity contribution in [3.8, 4) is 28.7 Å². The number of hydrogen-bond donors (Lipinski definition) is 0. The summed E-state index contributed by atoms with van der Waals surface area (Å²) in [7, 11) is 0. The van der Waals surface area contributed by atoms with Gasteiger partial charge in [0.15, 0.2) is 0 Å². The summed E-state index contributed by atoms with van der Waals surface area (Å²) in [6, 6.07) is 30.3. The van der Waals surface area contributed by atoms with E-state index < -0.39 is 0 Å². The van der Waals surface area contributed by atoms with Gasteiger partial charge < -0.3 is 4.74 Å². The van der Waals surface area contributed by atoms with Gasteiger partial charge in [0.1, 0.15) is 5.75 Å². The maximum Gasteiger partial charge on any atom is 0.119 e. The number of ether oxygens (including phenoxy) is 1. The van der Waals surface area contributed by atoms with Crippen LogP contribution >= 0.6 is 0 Å². The van der Waals surface area contributed by atoms with Gasteiger partial charge >= 0.3 is 0 Å². The Morgan fingerprint density at radius 2 is 1.14 bits per heavy atom. The Bertz CT molecular complexity index is 1300. The van der Waals surface area contributed by atoms with Crippen molar-refractivity contribution in [2.24, 2.45) is 0 Å². The van der Waals surface area contributed by atoms with Crippen LogP contribution in [-0.4, -0.2) is 6.61 Å². The molecule has 190 valence electrons. The van der Waals surface area contributed by atoms with Crippen molar-refractivity contribution in [1.82, 2.24) is 0 Å². The molecule has 37 heavy (non-hydrogen) atoms. The second-order valence-corrected chi connectivity index (χ2v) is 9.97. The van der Waals surface area contributed by atoms with Crippen LogP contribution in [0.25, 0.3) is 21.9 Å². The lowest BCUT2D eigenvalue weighted by atomic mass is 10.0. The lowest BCUT2D eigenvalue weighted by Gasteiger charge is -2.07. The second-order valence-electron chi connectivity index (χ2n) is 9.97. The normalized spacial score (nSPS) is 10.8. The molecular weight excluding hydrogens is 448 g/mol. The molecule has 0 N–H and O–H groups in total. The van der Waals surface area contributed by atoms with Gasteiger partial charge in [0.05, 0.1) is 6.61 Å². The van der Waals surface area contributed by atoms with E-state index in [0.717, 1.165) is 29.9 Å². The van der Waals surface area contributed by atoms with Crippen LogP contribution in [0, 0.1) is 11.8 Å². The van der Waals surface area contributed by atoms with E-state index in [9.17, 15) is 0 Å². The average Bonchev–Trinajstić information content (AvgIpc) is 2.94. The van der Waals surface area contributed by atoms with E-state index in [2.05, 4.69) is 111 Å². The molecule has 0 saturated carbocycles. The van der Waals surface area contributed by atoms with Crippen LogP contribution in [0.5, 0.6) is 5.75 Å². The first-order valence-electron chi connectivity index (χ1n) is 14.1. The van der Waals surface area contributed by atoms with Gasteiger partial charge in [-0.15, -0.1) is 0 Å². The number of benzene rings is 4. The topological polar surface area (TPSA) is 9.23 Å². The third-order valence-corrected chi connectivity index (χ3v) is 6.91. The summed E-state index contributed by atoms with van der Waals surface area (Å²) in [6.45, 7) is 5.30. The minimum atomic E-state index is 0.799. The number of fused-ring (bicyclic) bond motifs is 1. The first-order chi connectivity index (χ1) is 18.2. The summed E-state index contributed by atoms with van der Waals surface area (Å²) in [5.41, 5.74) is 5.89. The van der Waals surface area contributed by atoms with E-state index in [0.29, 0.717) is 0 Å². The quantitative estimate of drug-likeness (QED) is 0.142. The summed E-state index contributed by atoms with van der Waals surface area (Å²) in [4.78, 5) is 0. The van der Waals surface area contributed by atoms with Gasteiger partial charge in [0.25, 0.3) is 0 Å². The standard InChI is InChI=1S/C36H40O/c1-3-5-7-8-10-26-37-36-24-22-33(23-25-36)32-18-14-29(15-19-32)12-13-31-17-21-34-27-30(11-9-6-4-2)16-20-35(34)28-31/h14-25,27-28H,3-11,26H2,1-2H3. The molecule has 1 heteroatoms. The number of hydrogen-bond acceptors (Lipinski definition) is 1. The lowest BCUT2D eigenvalue weighted by Crippen LogP contribution is -1.97. The number of aryl methyl sites for hydroxylation is 1. The molecule has 0 aliphatic heterocycles. The minimum Gasteiger partial charge on any atom is -0.494 e. The Hall–Kier alpha value is -3.50. The monoisotopic (exact) mass is 488 g/mol. The fourth-order valence-electron chi connectivity index (χ4n) is 4.64. The van der Waals surface area contributed by atoms with Crippen LogP contribution in [0.1, 0.15) is 81.9 Å². The number of unbranched alkanes of at least 4 members (excludes halogenated alkanes) is 6. The van der Waals surface area contributed by atoms with Crippen molar-refractivity contribution in [2.45, 2.75) is 71.6 Å². The molecule has 0 heterocycles. The molecular formula is C36H40O. The zero-order valence-corrected chi connectivity index (χ0v) is 22.6. The summed E-state index contributed by atoms with van der Waals surface area (Å²) < 4.78 is 5.90. The summed E-state index contributed by atoms with van der Waals surface area (Å²) in [5.74, 6) is 7.62. The smallest absolute Gasteiger partial charge is 0.119 e. The molecule has 0 saturated heterocycles. The van der Waals surface area contributed by atoms with Gasteiger partial charge in [-0.2, -0.15) is 0 Å². The van der Waals surface area contributed by atoms with Crippen LogP contribution in [0.3, 0.4) is 0 Å². The Balaban J connectivity index is 1.33. The van der Waals surface area contributed by atoms with Crippen molar-refractivity contribution in [3.63, 3.8) is 0 Å². The van der Waals surface area contributed by atoms with Crippen molar-refractivity contribution in [2.75, 3.05) is 6.61 Å². The Kier molecular flexibility index (Phi) is 10.3. The zero-order chi connectivity index (χ0) is 25.7. The fourth-order valence-corrected chi connectivity index (χ4v) is 4.64. The molecule has 1 nitrogen and oxygen atoms in total. The highest BCUT2D eigenvalue weighted by Crippen LogP contribution is 2.23. The number of rotatable bonds is 12. The highest BCUT2D eigenvalue weighted by molar-refractivity contribution is 5.84. The first kappa shape index (κ1) is 26.6. The van der Waals surface area contributed by atoms with E-state index in [1.807, 2.05) is 0 Å². The van der Waals surface area contributed by atoms with E-state index in [1.54, 1.807) is 0 Å². The molecule has 4 rings (SSSR count). The van der Waals surface area contributed by atoms with Crippen molar-refractivity contribution in [1.29, 1.82) is 0 Å². The van der Waals surface area contributed by atoms with Gasteiger partial charge in [-0.3, -0.25) is 0 Å². The highest BCUT2D eigenvalue weighted by atomic mass is 16.5. The second kappa shape index (κ2) is 14.3. The van der Waals surface area contributed by atoms with Crippen LogP contribution in [0.15, 0.2) is 84.9 Å². The van der Waals surface area contributed by atoms with Crippen molar-refractivity contribution >= 4 is 10.8 Å². The van der Waals surface area contributed by atoms with E-state index in [-0.39, 0.29) is 0 Å². The highest BCUT2D eigenvalue weighted by Gasteiger charge is 2.01. The van der Waals surface area contributed by atoms with Crippen LogP contribution in [0.2, 0.25) is 0 Å². The third kappa shape index (κ3) is 8.26. The first-order valence-corrected chi connectivity index (χ1v) is 14.1. The van der Waals surface area contributed by atoms with Crippen molar-refractivity contribution < 1.29 is 4.74 Å². The van der Waals surface area contributed by atoms with Gasteiger partial charge in [0, 0.05) is 11.1 Å². The molecule has 0 atom stereocenters. The molecule has 0 radical (unpaired) electrons. The fraction of sp³-hybridized carbons (Fsp3) is 0.333. The predicted octanol–water partition coefficient (Wildman–Crippen LogP) is 9.99. The summed E-state index contributed by atoms with van der Waals surface area (Å²) in [5, 5.41) is 2.55. The molecule has 0 aliphatic rings. The maximum atomic E-state index is 5.90. The Labute approximate surface area is 223 Å². The van der Waals surface area contributed by atoms with Gasteiger partial charge in [-0.05, 0) is 83.1 Å². The largest absolute Gasteiger partial charge is 0.494 e. The van der Waals surface area contributed by atoms with Gasteiger partial charge in [-0.1, -0.05) is 113 Å². The van der Waals surface area contributed by atoms with E-state index in [1.165, 1.54) is 78.8 Å². The van der Waals surface area contributed by atoms with Crippen molar-refractivity contribution in [3.05, 3.63) is 102 Å². The molecule has 0 spiro atoms. The Morgan fingerprint density at radius 3 is 1.89 bits per heavy atom. The summed E-state index contributed by atoms with van der Waals surface area (Å²) >= 11 is 0. The van der Waals surface area contributed by atoms with Crippen LogP contribution in [-0.2, 0) is 6.42 Å². The maximum absolute atomic E-state index is 5.90. The zero-order valence-electron chi connectivity index (χ0n) is 22.6. The predicted molar refractivity (Wildman–Crippen MR) is 159 cm³/mol. The van der Waals surface area contributed by atoms with Gasteiger partial charge in [-0.25, -0.2) is 0 Å². The van der Waals surface area contributed by atoms with Gasteiger partial charge in [0.2, 0.25) is 0 Å². The molecule has 0 aliphatic carbocycles. The Morgan fingerprint density at radius 1 is 0.541 bits per heavy atom. The molecule has 0 fully saturated rings. The average molecular weight is 489 g/mol. The lowest BCUT2D eigenvalue weighted by molar-refractivity contribution is 0.304. The molecule has 4 aromatic carbocycles. The van der Waals surface area contributed by atoms with Crippen LogP contribution < -0.4 is 4.74 Å². The van der Waals surface area contributed by atoms with Crippen LogP contribution in [0.4, 0.5) is 0 Å². The van der Waals surface area contributed by atoms with E-state index in [4.69, 9.17) is 4.74 Å².